The molecule has 26 heavy (non-hydrogen) atoms. The first-order chi connectivity index (χ1) is 12.5. The number of phenols is 2. The van der Waals surface area contributed by atoms with E-state index < -0.39 is 5.97 Å². The number of hydrogen-bond donors (Lipinski definition) is 2. The maximum atomic E-state index is 12.7. The molecule has 6 nitrogen and oxygen atoms in total. The number of benzene rings is 2. The van der Waals surface area contributed by atoms with Crippen LogP contribution in [0.2, 0.25) is 0 Å². The van der Waals surface area contributed by atoms with Gasteiger partial charge < -0.3 is 19.8 Å². The van der Waals surface area contributed by atoms with E-state index in [1.54, 1.807) is 17.0 Å². The number of aromatic hydroxyl groups is 2. The molecule has 1 aliphatic heterocycles. The second kappa shape index (κ2) is 7.47. The van der Waals surface area contributed by atoms with Crippen molar-refractivity contribution < 1.29 is 24.5 Å². The van der Waals surface area contributed by atoms with Gasteiger partial charge in [-0.05, 0) is 54.7 Å². The molecule has 0 aliphatic carbocycles. The summed E-state index contributed by atoms with van der Waals surface area (Å²) < 4.78 is 4.65. The van der Waals surface area contributed by atoms with Crippen molar-refractivity contribution in [3.63, 3.8) is 0 Å². The third kappa shape index (κ3) is 3.96. The number of methoxy groups -OCH3 is 1. The fourth-order valence-corrected chi connectivity index (χ4v) is 3.30. The van der Waals surface area contributed by atoms with Crippen LogP contribution in [0, 0.1) is 5.92 Å². The van der Waals surface area contributed by atoms with Gasteiger partial charge in [-0.25, -0.2) is 4.79 Å². The largest absolute Gasteiger partial charge is 0.508 e. The van der Waals surface area contributed by atoms with Gasteiger partial charge in [-0.3, -0.25) is 4.79 Å². The molecule has 3 rings (SSSR count). The molecule has 2 aromatic carbocycles. The molecule has 0 bridgehead atoms. The predicted molar refractivity (Wildman–Crippen MR) is 95.3 cm³/mol. The zero-order chi connectivity index (χ0) is 18.7. The van der Waals surface area contributed by atoms with Gasteiger partial charge in [0.25, 0.3) is 5.91 Å². The Labute approximate surface area is 151 Å². The minimum absolute atomic E-state index is 0.143. The van der Waals surface area contributed by atoms with E-state index in [-0.39, 0.29) is 28.5 Å². The average Bonchev–Trinajstić information content (AvgIpc) is 3.10. The molecule has 0 aromatic heterocycles. The highest BCUT2D eigenvalue weighted by Gasteiger charge is 2.27. The van der Waals surface area contributed by atoms with Crippen molar-refractivity contribution in [2.45, 2.75) is 12.8 Å². The van der Waals surface area contributed by atoms with E-state index in [0.29, 0.717) is 19.0 Å². The van der Waals surface area contributed by atoms with Gasteiger partial charge in [0.05, 0.1) is 12.7 Å². The normalized spacial score (nSPS) is 16.5. The summed E-state index contributed by atoms with van der Waals surface area (Å²) in [5.74, 6) is -0.375. The molecule has 1 unspecified atom stereocenters. The summed E-state index contributed by atoms with van der Waals surface area (Å²) in [5, 5.41) is 19.2. The maximum Gasteiger partial charge on any atom is 0.338 e. The molecule has 6 heteroatoms. The lowest BCUT2D eigenvalue weighted by molar-refractivity contribution is 0.0600. The van der Waals surface area contributed by atoms with Crippen molar-refractivity contribution in [3.05, 3.63) is 59.2 Å². The van der Waals surface area contributed by atoms with Gasteiger partial charge in [-0.2, -0.15) is 0 Å². The van der Waals surface area contributed by atoms with Crippen LogP contribution >= 0.6 is 0 Å². The fourth-order valence-electron chi connectivity index (χ4n) is 3.30. The number of hydrogen-bond acceptors (Lipinski definition) is 5. The van der Waals surface area contributed by atoms with Gasteiger partial charge in [0.2, 0.25) is 0 Å². The molecule has 0 saturated carbocycles. The fraction of sp³-hybridized carbons (Fsp3) is 0.300. The second-order valence-electron chi connectivity index (χ2n) is 6.54. The van der Waals surface area contributed by atoms with Crippen LogP contribution < -0.4 is 0 Å². The van der Waals surface area contributed by atoms with Crippen molar-refractivity contribution in [3.8, 4) is 11.5 Å². The van der Waals surface area contributed by atoms with E-state index in [2.05, 4.69) is 4.74 Å². The zero-order valence-electron chi connectivity index (χ0n) is 14.5. The van der Waals surface area contributed by atoms with Crippen LogP contribution in [0.15, 0.2) is 42.5 Å². The number of amides is 1. The van der Waals surface area contributed by atoms with Crippen LogP contribution in [0.5, 0.6) is 11.5 Å². The predicted octanol–water partition coefficient (Wildman–Crippen LogP) is 2.59. The minimum atomic E-state index is -0.596. The quantitative estimate of drug-likeness (QED) is 0.823. The zero-order valence-corrected chi connectivity index (χ0v) is 14.5. The van der Waals surface area contributed by atoms with E-state index >= 15 is 0 Å². The molecular weight excluding hydrogens is 334 g/mol. The Morgan fingerprint density at radius 1 is 1.08 bits per heavy atom. The monoisotopic (exact) mass is 355 g/mol. The van der Waals surface area contributed by atoms with Gasteiger partial charge in [0.1, 0.15) is 11.5 Å². The highest BCUT2D eigenvalue weighted by molar-refractivity contribution is 5.98. The molecule has 0 radical (unpaired) electrons. The van der Waals surface area contributed by atoms with Crippen LogP contribution in [0.1, 0.15) is 32.7 Å². The first kappa shape index (κ1) is 17.8. The summed E-state index contributed by atoms with van der Waals surface area (Å²) >= 11 is 0. The summed E-state index contributed by atoms with van der Waals surface area (Å²) in [6.45, 7) is 1.24. The number of likely N-dealkylation sites (tertiary alicyclic amines) is 1. The van der Waals surface area contributed by atoms with Gasteiger partial charge >= 0.3 is 5.97 Å². The molecule has 1 heterocycles. The standard InChI is InChI=1S/C20H21NO5/c1-26-20(25)16-9-15(10-18(23)11-16)19(24)21-7-6-14(12-21)8-13-2-4-17(22)5-3-13/h2-5,9-11,14,22-23H,6-8,12H2,1H3. The highest BCUT2D eigenvalue weighted by Crippen LogP contribution is 2.25. The van der Waals surface area contributed by atoms with Crippen LogP contribution in [-0.2, 0) is 11.2 Å². The van der Waals surface area contributed by atoms with Crippen LogP contribution in [0.25, 0.3) is 0 Å². The Kier molecular flexibility index (Phi) is 5.11. The Morgan fingerprint density at radius 3 is 2.46 bits per heavy atom. The topological polar surface area (TPSA) is 87.1 Å². The minimum Gasteiger partial charge on any atom is -0.508 e. The van der Waals surface area contributed by atoms with E-state index in [1.807, 2.05) is 12.1 Å². The molecule has 1 saturated heterocycles. The summed E-state index contributed by atoms with van der Waals surface area (Å²) in [7, 11) is 1.25. The first-order valence-corrected chi connectivity index (χ1v) is 8.46. The maximum absolute atomic E-state index is 12.7. The Bertz CT molecular complexity index is 815. The van der Waals surface area contributed by atoms with Crippen LogP contribution in [0.4, 0.5) is 0 Å². The molecule has 136 valence electrons. The van der Waals surface area contributed by atoms with Crippen molar-refractivity contribution in [2.24, 2.45) is 5.92 Å². The molecule has 0 spiro atoms. The molecule has 1 aliphatic rings. The SMILES string of the molecule is COC(=O)c1cc(O)cc(C(=O)N2CCC(Cc3ccc(O)cc3)C2)c1. The Balaban J connectivity index is 1.68. The Hall–Kier alpha value is -3.02. The molecular formula is C20H21NO5. The molecule has 1 atom stereocenters. The van der Waals surface area contributed by atoms with Crippen LogP contribution in [-0.4, -0.2) is 47.2 Å². The number of carbonyl (C=O) groups is 2. The van der Waals surface area contributed by atoms with Crippen LogP contribution in [0.3, 0.4) is 0 Å². The number of carbonyl (C=O) groups excluding carboxylic acids is 2. The van der Waals surface area contributed by atoms with Crippen molar-refractivity contribution in [2.75, 3.05) is 20.2 Å². The van der Waals surface area contributed by atoms with Gasteiger partial charge in [0, 0.05) is 18.7 Å². The van der Waals surface area contributed by atoms with E-state index in [9.17, 15) is 19.8 Å². The third-order valence-electron chi connectivity index (χ3n) is 4.62. The molecule has 2 aromatic rings. The summed E-state index contributed by atoms with van der Waals surface area (Å²) in [6.07, 6.45) is 1.72. The van der Waals surface area contributed by atoms with Crippen molar-refractivity contribution in [1.29, 1.82) is 0 Å². The van der Waals surface area contributed by atoms with E-state index in [0.717, 1.165) is 18.4 Å². The molecule has 1 fully saturated rings. The molecule has 2 N–H and O–H groups in total. The average molecular weight is 355 g/mol. The van der Waals surface area contributed by atoms with Gasteiger partial charge in [0.15, 0.2) is 0 Å². The Morgan fingerprint density at radius 2 is 1.77 bits per heavy atom. The number of esters is 1. The number of rotatable bonds is 4. The first-order valence-electron chi connectivity index (χ1n) is 8.46. The van der Waals surface area contributed by atoms with Crippen molar-refractivity contribution >= 4 is 11.9 Å². The summed E-state index contributed by atoms with van der Waals surface area (Å²) in [4.78, 5) is 26.1. The van der Waals surface area contributed by atoms with Gasteiger partial charge in [-0.1, -0.05) is 12.1 Å². The summed E-state index contributed by atoms with van der Waals surface area (Å²) in [6, 6.07) is 11.2. The number of ether oxygens (including phenoxy) is 1. The summed E-state index contributed by atoms with van der Waals surface area (Å²) in [5.41, 5.74) is 1.54. The number of phenolic OH excluding ortho intramolecular Hbond substituents is 2. The van der Waals surface area contributed by atoms with Crippen molar-refractivity contribution in [1.82, 2.24) is 4.90 Å². The lowest BCUT2D eigenvalue weighted by Crippen LogP contribution is -2.29. The van der Waals surface area contributed by atoms with E-state index in [4.69, 9.17) is 0 Å². The highest BCUT2D eigenvalue weighted by atomic mass is 16.5. The third-order valence-corrected chi connectivity index (χ3v) is 4.62. The smallest absolute Gasteiger partial charge is 0.338 e. The number of nitrogens with zero attached hydrogens (tertiary/aromatic N) is 1. The second-order valence-corrected chi connectivity index (χ2v) is 6.54. The lowest BCUT2D eigenvalue weighted by Gasteiger charge is -2.17. The molecule has 1 amide bonds. The van der Waals surface area contributed by atoms with Gasteiger partial charge in [-0.15, -0.1) is 0 Å². The lowest BCUT2D eigenvalue weighted by atomic mass is 9.99. The van der Waals surface area contributed by atoms with E-state index in [1.165, 1.54) is 25.3 Å².